The Hall–Kier alpha value is -3.00. The molecule has 0 fully saturated rings. The van der Waals surface area contributed by atoms with Crippen molar-refractivity contribution >= 4 is 28.8 Å². The summed E-state index contributed by atoms with van der Waals surface area (Å²) in [5.41, 5.74) is 2.70. The Morgan fingerprint density at radius 1 is 1.11 bits per heavy atom. The van der Waals surface area contributed by atoms with Gasteiger partial charge in [0, 0.05) is 12.3 Å². The summed E-state index contributed by atoms with van der Waals surface area (Å²) in [6.45, 7) is -0.220. The Morgan fingerprint density at radius 3 is 2.63 bits per heavy atom. The second-order valence-electron chi connectivity index (χ2n) is 5.78. The molecule has 140 valence electrons. The number of alkyl halides is 2. The number of anilines is 2. The van der Waals surface area contributed by atoms with Gasteiger partial charge >= 0.3 is 6.61 Å². The van der Waals surface area contributed by atoms with Crippen molar-refractivity contribution in [2.75, 3.05) is 10.6 Å². The van der Waals surface area contributed by atoms with Crippen LogP contribution < -0.4 is 15.4 Å². The third-order valence-corrected chi connectivity index (χ3v) is 4.03. The zero-order chi connectivity index (χ0) is 19.2. The summed E-state index contributed by atoms with van der Waals surface area (Å²) in [6.07, 6.45) is 1.84. The number of aromatic nitrogens is 2. The third-order valence-electron chi connectivity index (χ3n) is 3.83. The van der Waals surface area contributed by atoms with E-state index in [0.717, 1.165) is 0 Å². The molecule has 0 bridgehead atoms. The van der Waals surface area contributed by atoms with Crippen LogP contribution in [0.25, 0.3) is 0 Å². The van der Waals surface area contributed by atoms with Crippen molar-refractivity contribution in [1.82, 2.24) is 9.78 Å². The highest BCUT2D eigenvalue weighted by Crippen LogP contribution is 2.25. The molecule has 3 aromatic rings. The topological polar surface area (TPSA) is 51.1 Å². The number of nitrogens with zero attached hydrogens (tertiary/aromatic N) is 2. The molecule has 0 saturated carbocycles. The Bertz CT molecular complexity index is 929. The van der Waals surface area contributed by atoms with Crippen LogP contribution in [0.1, 0.15) is 11.1 Å². The van der Waals surface area contributed by atoms with Crippen LogP contribution in [-0.2, 0) is 6.54 Å². The van der Waals surface area contributed by atoms with Crippen molar-refractivity contribution in [3.05, 3.63) is 71.9 Å². The van der Waals surface area contributed by atoms with Crippen molar-refractivity contribution in [2.45, 2.75) is 20.1 Å². The minimum atomic E-state index is -2.91. The lowest BCUT2D eigenvalue weighted by Crippen LogP contribution is -2.20. The zero-order valence-corrected chi connectivity index (χ0v) is 15.3. The number of ether oxygens (including phenoxy) is 1. The molecule has 0 radical (unpaired) electrons. The molecule has 0 unspecified atom stereocenters. The van der Waals surface area contributed by atoms with Crippen LogP contribution in [0.4, 0.5) is 20.3 Å². The van der Waals surface area contributed by atoms with Gasteiger partial charge in [-0.2, -0.15) is 13.9 Å². The SMILES string of the molecule is Cc1ccccc1Cn1ccc(NC(=S)Nc2ccccc2OC(F)F)n1. The highest BCUT2D eigenvalue weighted by Gasteiger charge is 2.11. The van der Waals surface area contributed by atoms with E-state index in [1.54, 1.807) is 28.9 Å². The van der Waals surface area contributed by atoms with Gasteiger partial charge < -0.3 is 15.4 Å². The number of nitrogens with one attached hydrogen (secondary N) is 2. The van der Waals surface area contributed by atoms with E-state index in [4.69, 9.17) is 12.2 Å². The van der Waals surface area contributed by atoms with E-state index in [0.29, 0.717) is 18.1 Å². The van der Waals surface area contributed by atoms with Crippen LogP contribution in [0.5, 0.6) is 5.75 Å². The molecular weight excluding hydrogens is 370 g/mol. The molecule has 1 heterocycles. The van der Waals surface area contributed by atoms with Crippen molar-refractivity contribution < 1.29 is 13.5 Å². The summed E-state index contributed by atoms with van der Waals surface area (Å²) in [5, 5.41) is 10.4. The van der Waals surface area contributed by atoms with Crippen LogP contribution in [0.3, 0.4) is 0 Å². The summed E-state index contributed by atoms with van der Waals surface area (Å²) < 4.78 is 31.2. The average molecular weight is 388 g/mol. The van der Waals surface area contributed by atoms with Crippen molar-refractivity contribution in [3.8, 4) is 5.75 Å². The Balaban J connectivity index is 1.62. The maximum atomic E-state index is 12.5. The fourth-order valence-electron chi connectivity index (χ4n) is 2.52. The predicted octanol–water partition coefficient (Wildman–Crippen LogP) is 4.65. The van der Waals surface area contributed by atoms with Gasteiger partial charge in [-0.25, -0.2) is 0 Å². The summed E-state index contributed by atoms with van der Waals surface area (Å²) in [7, 11) is 0. The number of halogens is 2. The summed E-state index contributed by atoms with van der Waals surface area (Å²) in [6, 6.07) is 16.2. The molecule has 0 aliphatic carbocycles. The average Bonchev–Trinajstić information content (AvgIpc) is 3.05. The first-order valence-corrected chi connectivity index (χ1v) is 8.62. The predicted molar refractivity (Wildman–Crippen MR) is 105 cm³/mol. The van der Waals surface area contributed by atoms with Gasteiger partial charge in [-0.05, 0) is 42.4 Å². The molecule has 8 heteroatoms. The van der Waals surface area contributed by atoms with Crippen LogP contribution >= 0.6 is 12.2 Å². The second kappa shape index (κ2) is 8.59. The number of hydrogen-bond acceptors (Lipinski definition) is 3. The number of thiocarbonyl (C=S) groups is 1. The molecule has 3 rings (SSSR count). The lowest BCUT2D eigenvalue weighted by atomic mass is 10.1. The molecular formula is C19H18F2N4OS. The molecule has 0 aliphatic heterocycles. The minimum Gasteiger partial charge on any atom is -0.433 e. The standard InChI is InChI=1S/C19H18F2N4OS/c1-13-6-2-3-7-14(13)12-25-11-10-17(24-25)23-19(27)22-15-8-4-5-9-16(15)26-18(20)21/h2-11,18H,12H2,1H3,(H2,22,23,24,27). The van der Waals surface area contributed by atoms with E-state index in [2.05, 4.69) is 39.5 Å². The Morgan fingerprint density at radius 2 is 1.85 bits per heavy atom. The zero-order valence-electron chi connectivity index (χ0n) is 14.5. The molecule has 1 aromatic heterocycles. The first-order chi connectivity index (χ1) is 13.0. The van der Waals surface area contributed by atoms with Gasteiger partial charge in [-0.3, -0.25) is 4.68 Å². The highest BCUT2D eigenvalue weighted by atomic mass is 32.1. The monoisotopic (exact) mass is 388 g/mol. The van der Waals surface area contributed by atoms with Gasteiger partial charge in [0.2, 0.25) is 0 Å². The van der Waals surface area contributed by atoms with Crippen molar-refractivity contribution in [3.63, 3.8) is 0 Å². The van der Waals surface area contributed by atoms with E-state index in [9.17, 15) is 8.78 Å². The van der Waals surface area contributed by atoms with Crippen molar-refractivity contribution in [1.29, 1.82) is 0 Å². The first kappa shape index (κ1) is 18.8. The maximum absolute atomic E-state index is 12.5. The van der Waals surface area contributed by atoms with Crippen LogP contribution in [-0.4, -0.2) is 21.5 Å². The molecule has 2 aromatic carbocycles. The molecule has 0 aliphatic rings. The summed E-state index contributed by atoms with van der Waals surface area (Å²) >= 11 is 5.24. The van der Waals surface area contributed by atoms with Gasteiger partial charge in [-0.15, -0.1) is 0 Å². The van der Waals surface area contributed by atoms with Gasteiger partial charge in [0.05, 0.1) is 12.2 Å². The lowest BCUT2D eigenvalue weighted by Gasteiger charge is -2.13. The highest BCUT2D eigenvalue weighted by molar-refractivity contribution is 7.80. The number of rotatable bonds is 6. The van der Waals surface area contributed by atoms with Crippen LogP contribution in [0.2, 0.25) is 0 Å². The number of aryl methyl sites for hydroxylation is 1. The fraction of sp³-hybridized carbons (Fsp3) is 0.158. The van der Waals surface area contributed by atoms with E-state index < -0.39 is 6.61 Å². The minimum absolute atomic E-state index is 0.0155. The van der Waals surface area contributed by atoms with E-state index in [-0.39, 0.29) is 10.9 Å². The second-order valence-corrected chi connectivity index (χ2v) is 6.19. The molecule has 0 amide bonds. The molecule has 2 N–H and O–H groups in total. The smallest absolute Gasteiger partial charge is 0.387 e. The molecule has 0 atom stereocenters. The van der Waals surface area contributed by atoms with E-state index in [1.807, 2.05) is 18.3 Å². The van der Waals surface area contributed by atoms with Crippen LogP contribution in [0.15, 0.2) is 60.8 Å². The number of hydrogen-bond donors (Lipinski definition) is 2. The van der Waals surface area contributed by atoms with Gasteiger partial charge in [0.1, 0.15) is 5.75 Å². The lowest BCUT2D eigenvalue weighted by molar-refractivity contribution is -0.0493. The summed E-state index contributed by atoms with van der Waals surface area (Å²) in [4.78, 5) is 0. The Labute approximate surface area is 161 Å². The van der Waals surface area contributed by atoms with Crippen LogP contribution in [0, 0.1) is 6.92 Å². The molecule has 27 heavy (non-hydrogen) atoms. The fourth-order valence-corrected chi connectivity index (χ4v) is 2.73. The van der Waals surface area contributed by atoms with Gasteiger partial charge in [0.15, 0.2) is 10.9 Å². The normalized spacial score (nSPS) is 10.7. The molecule has 0 saturated heterocycles. The van der Waals surface area contributed by atoms with Gasteiger partial charge in [-0.1, -0.05) is 36.4 Å². The van der Waals surface area contributed by atoms with E-state index >= 15 is 0 Å². The third kappa shape index (κ3) is 5.24. The molecule has 5 nitrogen and oxygen atoms in total. The number of para-hydroxylation sites is 2. The van der Waals surface area contributed by atoms with E-state index in [1.165, 1.54) is 17.2 Å². The van der Waals surface area contributed by atoms with Gasteiger partial charge in [0.25, 0.3) is 0 Å². The van der Waals surface area contributed by atoms with Crippen molar-refractivity contribution in [2.24, 2.45) is 0 Å². The molecule has 0 spiro atoms. The quantitative estimate of drug-likeness (QED) is 0.602. The largest absolute Gasteiger partial charge is 0.433 e. The maximum Gasteiger partial charge on any atom is 0.387 e. The first-order valence-electron chi connectivity index (χ1n) is 8.21. The number of benzene rings is 2. The Kier molecular flexibility index (Phi) is 5.97. The summed E-state index contributed by atoms with van der Waals surface area (Å²) in [5.74, 6) is 0.565.